The van der Waals surface area contributed by atoms with Gasteiger partial charge < -0.3 is 15.4 Å². The predicted octanol–water partition coefficient (Wildman–Crippen LogP) is 3.12. The lowest BCUT2D eigenvalue weighted by atomic mass is 9.67. The lowest BCUT2D eigenvalue weighted by molar-refractivity contribution is 0.106. The summed E-state index contributed by atoms with van der Waals surface area (Å²) in [6.07, 6.45) is 5.29. The molecular formula is C18H29N3O. The highest BCUT2D eigenvalue weighted by Crippen LogP contribution is 2.42. The molecule has 2 N–H and O–H groups in total. The Hall–Kier alpha value is -1.55. The number of nitrogens with one attached hydrogen (secondary N) is 2. The number of hydrogen-bond donors (Lipinski definition) is 2. The minimum Gasteiger partial charge on any atom is -0.375 e. The molecule has 0 radical (unpaired) electrons. The van der Waals surface area contributed by atoms with Crippen molar-refractivity contribution in [2.75, 3.05) is 27.2 Å². The summed E-state index contributed by atoms with van der Waals surface area (Å²) in [6.45, 7) is 4.00. The molecule has 1 aromatic carbocycles. The van der Waals surface area contributed by atoms with Crippen LogP contribution in [0.4, 0.5) is 0 Å². The maximum absolute atomic E-state index is 5.58. The first-order chi connectivity index (χ1) is 10.7. The lowest BCUT2D eigenvalue weighted by Gasteiger charge is -2.41. The highest BCUT2D eigenvalue weighted by Gasteiger charge is 2.34. The quantitative estimate of drug-likeness (QED) is 0.601. The van der Waals surface area contributed by atoms with E-state index in [1.807, 2.05) is 25.2 Å². The Bertz CT molecular complexity index is 463. The summed E-state index contributed by atoms with van der Waals surface area (Å²) in [5, 5.41) is 6.86. The predicted molar refractivity (Wildman–Crippen MR) is 92.1 cm³/mol. The average molecular weight is 303 g/mol. The van der Waals surface area contributed by atoms with Crippen LogP contribution in [0, 0.1) is 5.41 Å². The zero-order valence-electron chi connectivity index (χ0n) is 14.1. The summed E-state index contributed by atoms with van der Waals surface area (Å²) in [5.74, 6) is 0.859. The third-order valence-corrected chi connectivity index (χ3v) is 4.93. The summed E-state index contributed by atoms with van der Waals surface area (Å²) in [6, 6.07) is 10.3. The van der Waals surface area contributed by atoms with Gasteiger partial charge in [0.1, 0.15) is 0 Å². The molecule has 2 rings (SSSR count). The number of rotatable bonds is 7. The molecular weight excluding hydrogens is 274 g/mol. The van der Waals surface area contributed by atoms with Gasteiger partial charge in [-0.3, -0.25) is 4.99 Å². The molecule has 1 aromatic rings. The number of nitrogens with zero attached hydrogens (tertiary/aromatic N) is 1. The fraction of sp³-hybridized carbons (Fsp3) is 0.611. The molecule has 0 saturated heterocycles. The zero-order chi connectivity index (χ0) is 15.8. The summed E-state index contributed by atoms with van der Waals surface area (Å²) >= 11 is 0. The molecule has 1 atom stereocenters. The molecule has 1 aliphatic rings. The summed E-state index contributed by atoms with van der Waals surface area (Å²) in [4.78, 5) is 4.32. The van der Waals surface area contributed by atoms with Crippen molar-refractivity contribution in [1.82, 2.24) is 10.6 Å². The molecule has 4 nitrogen and oxygen atoms in total. The van der Waals surface area contributed by atoms with Gasteiger partial charge in [0, 0.05) is 27.2 Å². The van der Waals surface area contributed by atoms with Gasteiger partial charge in [0.25, 0.3) is 0 Å². The van der Waals surface area contributed by atoms with E-state index in [9.17, 15) is 0 Å². The maximum atomic E-state index is 5.58. The SMILES string of the molecule is CCC1(CNC(=NC)NCC(OC)c2ccccc2)CCC1. The fourth-order valence-corrected chi connectivity index (χ4v) is 3.02. The Balaban J connectivity index is 1.82. The van der Waals surface area contributed by atoms with E-state index in [2.05, 4.69) is 34.7 Å². The lowest BCUT2D eigenvalue weighted by Crippen LogP contribution is -2.47. The second-order valence-electron chi connectivity index (χ2n) is 6.15. The van der Waals surface area contributed by atoms with Crippen molar-refractivity contribution >= 4 is 5.96 Å². The largest absolute Gasteiger partial charge is 0.375 e. The Morgan fingerprint density at radius 2 is 2.00 bits per heavy atom. The van der Waals surface area contributed by atoms with Crippen molar-refractivity contribution in [3.8, 4) is 0 Å². The number of aliphatic imine (C=N–C) groups is 1. The summed E-state index contributed by atoms with van der Waals surface area (Å²) in [5.41, 5.74) is 1.66. The third-order valence-electron chi connectivity index (χ3n) is 4.93. The molecule has 0 amide bonds. The van der Waals surface area contributed by atoms with Crippen LogP contribution in [0.15, 0.2) is 35.3 Å². The molecule has 122 valence electrons. The van der Waals surface area contributed by atoms with Gasteiger partial charge in [0.05, 0.1) is 6.10 Å². The van der Waals surface area contributed by atoms with E-state index < -0.39 is 0 Å². The van der Waals surface area contributed by atoms with Gasteiger partial charge in [-0.1, -0.05) is 43.7 Å². The van der Waals surface area contributed by atoms with Crippen molar-refractivity contribution in [3.63, 3.8) is 0 Å². The first kappa shape index (κ1) is 16.8. The van der Waals surface area contributed by atoms with Gasteiger partial charge >= 0.3 is 0 Å². The molecule has 22 heavy (non-hydrogen) atoms. The molecule has 0 bridgehead atoms. The smallest absolute Gasteiger partial charge is 0.191 e. The van der Waals surface area contributed by atoms with E-state index in [0.717, 1.165) is 12.5 Å². The summed E-state index contributed by atoms with van der Waals surface area (Å²) in [7, 11) is 3.56. The van der Waals surface area contributed by atoms with Crippen LogP contribution >= 0.6 is 0 Å². The zero-order valence-corrected chi connectivity index (χ0v) is 14.1. The number of hydrogen-bond acceptors (Lipinski definition) is 2. The highest BCUT2D eigenvalue weighted by molar-refractivity contribution is 5.79. The first-order valence-electron chi connectivity index (χ1n) is 8.25. The first-order valence-corrected chi connectivity index (χ1v) is 8.25. The molecule has 0 aromatic heterocycles. The molecule has 1 aliphatic carbocycles. The van der Waals surface area contributed by atoms with Crippen LogP contribution in [0.1, 0.15) is 44.3 Å². The topological polar surface area (TPSA) is 45.7 Å². The van der Waals surface area contributed by atoms with Crippen LogP contribution in [-0.2, 0) is 4.74 Å². The Morgan fingerprint density at radius 3 is 2.50 bits per heavy atom. The molecule has 1 unspecified atom stereocenters. The van der Waals surface area contributed by atoms with E-state index in [-0.39, 0.29) is 6.10 Å². The third kappa shape index (κ3) is 4.23. The maximum Gasteiger partial charge on any atom is 0.191 e. The van der Waals surface area contributed by atoms with E-state index >= 15 is 0 Å². The number of ether oxygens (including phenoxy) is 1. The second-order valence-corrected chi connectivity index (χ2v) is 6.15. The molecule has 0 spiro atoms. The number of benzene rings is 1. The van der Waals surface area contributed by atoms with Gasteiger partial charge in [-0.15, -0.1) is 0 Å². The van der Waals surface area contributed by atoms with Crippen molar-refractivity contribution < 1.29 is 4.74 Å². The Morgan fingerprint density at radius 1 is 1.27 bits per heavy atom. The average Bonchev–Trinajstić information content (AvgIpc) is 2.53. The van der Waals surface area contributed by atoms with Gasteiger partial charge in [0.15, 0.2) is 5.96 Å². The van der Waals surface area contributed by atoms with Crippen LogP contribution in [-0.4, -0.2) is 33.2 Å². The number of guanidine groups is 1. The standard InChI is InChI=1S/C18H29N3O/c1-4-18(11-8-12-18)14-21-17(19-2)20-13-16(22-3)15-9-6-5-7-10-15/h5-7,9-10,16H,4,8,11-14H2,1-3H3,(H2,19,20,21). The van der Waals surface area contributed by atoms with Gasteiger partial charge in [-0.2, -0.15) is 0 Å². The molecule has 0 aliphatic heterocycles. The monoisotopic (exact) mass is 303 g/mol. The van der Waals surface area contributed by atoms with Crippen molar-refractivity contribution in [2.24, 2.45) is 10.4 Å². The van der Waals surface area contributed by atoms with Crippen LogP contribution in [0.25, 0.3) is 0 Å². The van der Waals surface area contributed by atoms with E-state index in [1.54, 1.807) is 7.11 Å². The molecule has 4 heteroatoms. The van der Waals surface area contributed by atoms with Gasteiger partial charge in [-0.25, -0.2) is 0 Å². The molecule has 1 saturated carbocycles. The minimum absolute atomic E-state index is 0.0311. The minimum atomic E-state index is 0.0311. The van der Waals surface area contributed by atoms with Crippen LogP contribution in [0.5, 0.6) is 0 Å². The second kappa shape index (κ2) is 8.18. The Labute approximate surface area is 134 Å². The number of methoxy groups -OCH3 is 1. The van der Waals surface area contributed by atoms with Crippen LogP contribution < -0.4 is 10.6 Å². The van der Waals surface area contributed by atoms with Crippen LogP contribution in [0.3, 0.4) is 0 Å². The van der Waals surface area contributed by atoms with Crippen molar-refractivity contribution in [2.45, 2.75) is 38.7 Å². The van der Waals surface area contributed by atoms with Gasteiger partial charge in [0.2, 0.25) is 0 Å². The van der Waals surface area contributed by atoms with Gasteiger partial charge in [-0.05, 0) is 30.2 Å². The Kier molecular flexibility index (Phi) is 6.25. The highest BCUT2D eigenvalue weighted by atomic mass is 16.5. The molecule has 1 fully saturated rings. The normalized spacial score (nSPS) is 18.4. The van der Waals surface area contributed by atoms with E-state index in [0.29, 0.717) is 12.0 Å². The van der Waals surface area contributed by atoms with Crippen molar-refractivity contribution in [1.29, 1.82) is 0 Å². The van der Waals surface area contributed by atoms with E-state index in [4.69, 9.17) is 4.74 Å². The van der Waals surface area contributed by atoms with Crippen LogP contribution in [0.2, 0.25) is 0 Å². The van der Waals surface area contributed by atoms with E-state index in [1.165, 1.54) is 31.2 Å². The fourth-order valence-electron chi connectivity index (χ4n) is 3.02. The summed E-state index contributed by atoms with van der Waals surface area (Å²) < 4.78 is 5.58. The van der Waals surface area contributed by atoms with Crippen molar-refractivity contribution in [3.05, 3.63) is 35.9 Å². The molecule has 0 heterocycles.